The van der Waals surface area contributed by atoms with E-state index in [4.69, 9.17) is 16.7 Å². The summed E-state index contributed by atoms with van der Waals surface area (Å²) >= 11 is 0. The topological polar surface area (TPSA) is 102 Å². The Hall–Kier alpha value is -2.82. The molecule has 1 aromatic carbocycles. The van der Waals surface area contributed by atoms with Crippen LogP contribution < -0.4 is 11.5 Å². The zero-order valence-electron chi connectivity index (χ0n) is 9.94. The Morgan fingerprint density at radius 3 is 2.15 bits per heavy atom. The lowest BCUT2D eigenvalue weighted by atomic mass is 10.0. The summed E-state index contributed by atoms with van der Waals surface area (Å²) in [5.41, 5.74) is 10.5. The molecule has 102 valence electrons. The van der Waals surface area contributed by atoms with Crippen LogP contribution in [0.15, 0.2) is 24.3 Å². The summed E-state index contributed by atoms with van der Waals surface area (Å²) in [4.78, 5) is 7.48. The molecule has 0 radical (unpaired) electrons. The normalized spacial score (nSPS) is 11.1. The second kappa shape index (κ2) is 4.70. The van der Waals surface area contributed by atoms with Gasteiger partial charge in [0.1, 0.15) is 17.5 Å². The van der Waals surface area contributed by atoms with Gasteiger partial charge in [-0.05, 0) is 12.1 Å². The Labute approximate surface area is 111 Å². The molecule has 4 N–H and O–H groups in total. The molecule has 0 saturated carbocycles. The van der Waals surface area contributed by atoms with Gasteiger partial charge in [0.05, 0.1) is 11.3 Å². The minimum Gasteiger partial charge on any atom is -0.382 e. The number of halogens is 3. The lowest BCUT2D eigenvalue weighted by Gasteiger charge is -2.09. The van der Waals surface area contributed by atoms with Gasteiger partial charge < -0.3 is 11.5 Å². The third-order valence-corrected chi connectivity index (χ3v) is 2.55. The molecule has 0 unspecified atom stereocenters. The molecule has 5 nitrogen and oxygen atoms in total. The van der Waals surface area contributed by atoms with E-state index < -0.39 is 11.7 Å². The van der Waals surface area contributed by atoms with Gasteiger partial charge in [-0.3, -0.25) is 0 Å². The van der Waals surface area contributed by atoms with Crippen LogP contribution in [-0.4, -0.2) is 9.97 Å². The van der Waals surface area contributed by atoms with Crippen molar-refractivity contribution in [3.8, 4) is 17.3 Å². The molecule has 0 bridgehead atoms. The number of anilines is 2. The number of hydrogen-bond donors (Lipinski definition) is 2. The first-order valence-electron chi connectivity index (χ1n) is 5.33. The average molecular weight is 279 g/mol. The molecule has 0 aliphatic rings. The van der Waals surface area contributed by atoms with Crippen molar-refractivity contribution in [2.24, 2.45) is 0 Å². The van der Waals surface area contributed by atoms with E-state index in [9.17, 15) is 13.2 Å². The number of nitrogens with zero attached hydrogens (tertiary/aromatic N) is 3. The lowest BCUT2D eigenvalue weighted by Crippen LogP contribution is -2.06. The maximum atomic E-state index is 12.5. The quantitative estimate of drug-likeness (QED) is 0.833. The molecule has 2 rings (SSSR count). The minimum absolute atomic E-state index is 0.0287. The van der Waals surface area contributed by atoms with Gasteiger partial charge in [-0.1, -0.05) is 12.1 Å². The molecule has 8 heteroatoms. The van der Waals surface area contributed by atoms with Crippen molar-refractivity contribution in [2.75, 3.05) is 11.5 Å². The summed E-state index contributed by atoms with van der Waals surface area (Å²) in [7, 11) is 0. The molecular formula is C12H8F3N5. The van der Waals surface area contributed by atoms with Crippen molar-refractivity contribution >= 4 is 11.8 Å². The third-order valence-electron chi connectivity index (χ3n) is 2.55. The zero-order valence-corrected chi connectivity index (χ0v) is 9.94. The third kappa shape index (κ3) is 2.47. The second-order valence-electron chi connectivity index (χ2n) is 3.88. The van der Waals surface area contributed by atoms with Gasteiger partial charge >= 0.3 is 6.18 Å². The first-order chi connectivity index (χ1) is 9.32. The molecule has 2 aromatic rings. The van der Waals surface area contributed by atoms with E-state index >= 15 is 0 Å². The SMILES string of the molecule is N#Cc1c(N)nc(N)nc1-c1ccc(C(F)(F)F)cc1. The van der Waals surface area contributed by atoms with Gasteiger partial charge in [0.15, 0.2) is 0 Å². The van der Waals surface area contributed by atoms with Gasteiger partial charge in [-0.25, -0.2) is 4.98 Å². The first kappa shape index (κ1) is 13.6. The summed E-state index contributed by atoms with van der Waals surface area (Å²) in [6.45, 7) is 0. The summed E-state index contributed by atoms with van der Waals surface area (Å²) < 4.78 is 37.4. The summed E-state index contributed by atoms with van der Waals surface area (Å²) in [6, 6.07) is 5.99. The number of alkyl halides is 3. The van der Waals surface area contributed by atoms with Gasteiger partial charge in [0.2, 0.25) is 5.95 Å². The van der Waals surface area contributed by atoms with Crippen molar-refractivity contribution in [3.05, 3.63) is 35.4 Å². The first-order valence-corrected chi connectivity index (χ1v) is 5.33. The Morgan fingerprint density at radius 1 is 1.05 bits per heavy atom. The Morgan fingerprint density at radius 2 is 1.65 bits per heavy atom. The fraction of sp³-hybridized carbons (Fsp3) is 0.0833. The molecule has 0 saturated heterocycles. The zero-order chi connectivity index (χ0) is 14.9. The second-order valence-corrected chi connectivity index (χ2v) is 3.88. The van der Waals surface area contributed by atoms with Crippen LogP contribution >= 0.6 is 0 Å². The predicted molar refractivity (Wildman–Crippen MR) is 66.0 cm³/mol. The molecule has 0 atom stereocenters. The highest BCUT2D eigenvalue weighted by Crippen LogP contribution is 2.32. The van der Waals surface area contributed by atoms with E-state index in [2.05, 4.69) is 9.97 Å². The lowest BCUT2D eigenvalue weighted by molar-refractivity contribution is -0.137. The number of aromatic nitrogens is 2. The van der Waals surface area contributed by atoms with Crippen molar-refractivity contribution in [2.45, 2.75) is 6.18 Å². The molecule has 20 heavy (non-hydrogen) atoms. The minimum atomic E-state index is -4.43. The number of nitriles is 1. The van der Waals surface area contributed by atoms with E-state index in [0.29, 0.717) is 5.56 Å². The van der Waals surface area contributed by atoms with Crippen molar-refractivity contribution in [1.29, 1.82) is 5.26 Å². The highest BCUT2D eigenvalue weighted by Gasteiger charge is 2.30. The maximum absolute atomic E-state index is 12.5. The number of benzene rings is 1. The molecule has 1 heterocycles. The molecule has 0 fully saturated rings. The highest BCUT2D eigenvalue weighted by molar-refractivity contribution is 5.73. The monoisotopic (exact) mass is 279 g/mol. The van der Waals surface area contributed by atoms with E-state index in [-0.39, 0.29) is 23.0 Å². The fourth-order valence-corrected chi connectivity index (χ4v) is 1.63. The predicted octanol–water partition coefficient (Wildman–Crippen LogP) is 2.20. The number of nitrogens with two attached hydrogens (primary N) is 2. The van der Waals surface area contributed by atoms with Crippen molar-refractivity contribution in [3.63, 3.8) is 0 Å². The van der Waals surface area contributed by atoms with E-state index in [1.165, 1.54) is 12.1 Å². The van der Waals surface area contributed by atoms with Crippen LogP contribution in [0, 0.1) is 11.3 Å². The van der Waals surface area contributed by atoms with Crippen LogP contribution in [0.5, 0.6) is 0 Å². The Kier molecular flexibility index (Phi) is 3.19. The van der Waals surface area contributed by atoms with Gasteiger partial charge in [0, 0.05) is 5.56 Å². The Bertz CT molecular complexity index is 686. The largest absolute Gasteiger partial charge is 0.416 e. The van der Waals surface area contributed by atoms with Gasteiger partial charge in [-0.2, -0.15) is 23.4 Å². The number of rotatable bonds is 1. The van der Waals surface area contributed by atoms with Crippen LogP contribution in [0.1, 0.15) is 11.1 Å². The van der Waals surface area contributed by atoms with E-state index in [1.54, 1.807) is 6.07 Å². The summed E-state index contributed by atoms with van der Waals surface area (Å²) in [5.74, 6) is -0.272. The van der Waals surface area contributed by atoms with Crippen LogP contribution in [0.25, 0.3) is 11.3 Å². The standard InChI is InChI=1S/C12H8F3N5/c13-12(14,15)7-3-1-6(2-4-7)9-8(5-16)10(17)20-11(18)19-9/h1-4H,(H4,17,18,19,20). The van der Waals surface area contributed by atoms with Crippen LogP contribution in [0.4, 0.5) is 24.9 Å². The van der Waals surface area contributed by atoms with Crippen LogP contribution in [0.2, 0.25) is 0 Å². The molecule has 1 aromatic heterocycles. The van der Waals surface area contributed by atoms with Gasteiger partial charge in [0.25, 0.3) is 0 Å². The molecule has 0 amide bonds. The average Bonchev–Trinajstić information content (AvgIpc) is 2.37. The van der Waals surface area contributed by atoms with E-state index in [1.807, 2.05) is 0 Å². The smallest absolute Gasteiger partial charge is 0.382 e. The summed E-state index contributed by atoms with van der Waals surface area (Å²) in [5, 5.41) is 9.00. The number of hydrogen-bond acceptors (Lipinski definition) is 5. The van der Waals surface area contributed by atoms with Crippen LogP contribution in [-0.2, 0) is 6.18 Å². The van der Waals surface area contributed by atoms with Crippen LogP contribution in [0.3, 0.4) is 0 Å². The highest BCUT2D eigenvalue weighted by atomic mass is 19.4. The molecular weight excluding hydrogens is 271 g/mol. The Balaban J connectivity index is 2.56. The molecule has 0 aliphatic carbocycles. The van der Waals surface area contributed by atoms with Gasteiger partial charge in [-0.15, -0.1) is 0 Å². The molecule has 0 spiro atoms. The van der Waals surface area contributed by atoms with E-state index in [0.717, 1.165) is 12.1 Å². The molecule has 0 aliphatic heterocycles. The van der Waals surface area contributed by atoms with Crippen molar-refractivity contribution < 1.29 is 13.2 Å². The van der Waals surface area contributed by atoms with Crippen molar-refractivity contribution in [1.82, 2.24) is 9.97 Å². The fourth-order valence-electron chi connectivity index (χ4n) is 1.63. The number of nitrogen functional groups attached to an aromatic ring is 2. The maximum Gasteiger partial charge on any atom is 0.416 e. The summed E-state index contributed by atoms with van der Waals surface area (Å²) in [6.07, 6.45) is -4.43.